The molecule has 0 unspecified atom stereocenters. The number of hydrogen-bond donors (Lipinski definition) is 0. The maximum absolute atomic E-state index is 3.29. The lowest BCUT2D eigenvalue weighted by Gasteiger charge is -2.00. The van der Waals surface area contributed by atoms with Gasteiger partial charge in [-0.15, -0.1) is 11.8 Å². The smallest absolute Gasteiger partial charge is 0.171 e. The Morgan fingerprint density at radius 3 is 2.10 bits per heavy atom. The van der Waals surface area contributed by atoms with E-state index in [0.29, 0.717) is 0 Å². The van der Waals surface area contributed by atoms with E-state index >= 15 is 0 Å². The first-order valence-electron chi connectivity index (χ1n) is 8.15. The SMILES string of the molecule is CCCCC#CCCCCCC[n+]1cc(C)cc(C)c1. The van der Waals surface area contributed by atoms with Gasteiger partial charge in [-0.2, -0.15) is 0 Å². The van der Waals surface area contributed by atoms with Gasteiger partial charge in [-0.05, 0) is 39.2 Å². The van der Waals surface area contributed by atoms with E-state index in [0.717, 1.165) is 19.4 Å². The molecule has 0 saturated heterocycles. The third-order valence-corrected chi connectivity index (χ3v) is 3.44. The highest BCUT2D eigenvalue weighted by Crippen LogP contribution is 2.03. The van der Waals surface area contributed by atoms with Gasteiger partial charge in [0.15, 0.2) is 12.4 Å². The van der Waals surface area contributed by atoms with Crippen LogP contribution in [-0.4, -0.2) is 0 Å². The molecule has 1 heterocycles. The molecule has 1 nitrogen and oxygen atoms in total. The first-order chi connectivity index (χ1) is 9.72. The quantitative estimate of drug-likeness (QED) is 0.366. The van der Waals surface area contributed by atoms with Crippen LogP contribution in [-0.2, 0) is 6.54 Å². The minimum Gasteiger partial charge on any atom is -0.205 e. The van der Waals surface area contributed by atoms with Crippen molar-refractivity contribution in [2.75, 3.05) is 0 Å². The van der Waals surface area contributed by atoms with Gasteiger partial charge in [0.25, 0.3) is 0 Å². The molecule has 0 radical (unpaired) electrons. The van der Waals surface area contributed by atoms with Crippen molar-refractivity contribution in [1.82, 2.24) is 0 Å². The Morgan fingerprint density at radius 1 is 0.850 bits per heavy atom. The fourth-order valence-corrected chi connectivity index (χ4v) is 2.43. The first kappa shape index (κ1) is 16.8. The zero-order valence-corrected chi connectivity index (χ0v) is 13.5. The van der Waals surface area contributed by atoms with E-state index in [2.05, 4.69) is 55.6 Å². The predicted molar refractivity (Wildman–Crippen MR) is 86.5 cm³/mol. The van der Waals surface area contributed by atoms with Gasteiger partial charge < -0.3 is 0 Å². The van der Waals surface area contributed by atoms with E-state index in [9.17, 15) is 0 Å². The van der Waals surface area contributed by atoms with Crippen LogP contribution in [0.5, 0.6) is 0 Å². The summed E-state index contributed by atoms with van der Waals surface area (Å²) in [4.78, 5) is 0. The molecule has 1 heteroatoms. The van der Waals surface area contributed by atoms with E-state index in [1.165, 1.54) is 49.7 Å². The number of aromatic nitrogens is 1. The second-order valence-electron chi connectivity index (χ2n) is 5.75. The summed E-state index contributed by atoms with van der Waals surface area (Å²) in [6, 6.07) is 2.23. The first-order valence-corrected chi connectivity index (χ1v) is 8.15. The maximum Gasteiger partial charge on any atom is 0.171 e. The van der Waals surface area contributed by atoms with Crippen molar-refractivity contribution in [2.24, 2.45) is 0 Å². The van der Waals surface area contributed by atoms with E-state index in [4.69, 9.17) is 0 Å². The monoisotopic (exact) mass is 272 g/mol. The van der Waals surface area contributed by atoms with E-state index in [-0.39, 0.29) is 0 Å². The molecule has 1 rings (SSSR count). The van der Waals surface area contributed by atoms with Crippen LogP contribution in [0.1, 0.15) is 69.4 Å². The lowest BCUT2D eigenvalue weighted by molar-refractivity contribution is -0.698. The summed E-state index contributed by atoms with van der Waals surface area (Å²) in [6.07, 6.45) is 14.3. The summed E-state index contributed by atoms with van der Waals surface area (Å²) in [7, 11) is 0. The second kappa shape index (κ2) is 10.5. The number of unbranched alkanes of at least 4 members (excludes halogenated alkanes) is 6. The molecule has 0 fully saturated rings. The van der Waals surface area contributed by atoms with Gasteiger partial charge in [0, 0.05) is 30.4 Å². The van der Waals surface area contributed by atoms with Gasteiger partial charge in [0.05, 0.1) is 0 Å². The largest absolute Gasteiger partial charge is 0.205 e. The average Bonchev–Trinajstić information content (AvgIpc) is 2.40. The van der Waals surface area contributed by atoms with Crippen LogP contribution < -0.4 is 4.57 Å². The molecule has 110 valence electrons. The number of nitrogens with zero attached hydrogens (tertiary/aromatic N) is 1. The molecule has 0 saturated carbocycles. The van der Waals surface area contributed by atoms with Crippen LogP contribution in [0.15, 0.2) is 18.5 Å². The molecule has 0 amide bonds. The predicted octanol–water partition coefficient (Wildman–Crippen LogP) is 4.74. The highest BCUT2D eigenvalue weighted by Gasteiger charge is 2.02. The van der Waals surface area contributed by atoms with Gasteiger partial charge in [0.2, 0.25) is 0 Å². The summed E-state index contributed by atoms with van der Waals surface area (Å²) >= 11 is 0. The van der Waals surface area contributed by atoms with Gasteiger partial charge in [-0.25, -0.2) is 4.57 Å². The van der Waals surface area contributed by atoms with Crippen molar-refractivity contribution < 1.29 is 4.57 Å². The Hall–Kier alpha value is -1.29. The van der Waals surface area contributed by atoms with Crippen molar-refractivity contribution >= 4 is 0 Å². The molecule has 0 aliphatic rings. The van der Waals surface area contributed by atoms with Gasteiger partial charge >= 0.3 is 0 Å². The van der Waals surface area contributed by atoms with Crippen LogP contribution in [0, 0.1) is 25.7 Å². The molecule has 0 bridgehead atoms. The van der Waals surface area contributed by atoms with Gasteiger partial charge in [0.1, 0.15) is 6.54 Å². The molecular formula is C19H30N+. The molecular weight excluding hydrogens is 242 g/mol. The zero-order valence-electron chi connectivity index (χ0n) is 13.5. The standard InChI is InChI=1S/C19H30N/c1-4-5-6-7-8-9-10-11-12-13-14-20-16-18(2)15-19(3)17-20/h15-17H,4-6,9-14H2,1-3H3/q+1. The third kappa shape index (κ3) is 8.00. The van der Waals surface area contributed by atoms with E-state index < -0.39 is 0 Å². The van der Waals surface area contributed by atoms with Crippen molar-refractivity contribution in [3.05, 3.63) is 29.6 Å². The molecule has 20 heavy (non-hydrogen) atoms. The van der Waals surface area contributed by atoms with Crippen LogP contribution in [0.3, 0.4) is 0 Å². The molecule has 0 N–H and O–H groups in total. The molecule has 1 aromatic heterocycles. The summed E-state index contributed by atoms with van der Waals surface area (Å²) < 4.78 is 2.33. The van der Waals surface area contributed by atoms with Crippen LogP contribution in [0.2, 0.25) is 0 Å². The Morgan fingerprint density at radius 2 is 1.45 bits per heavy atom. The van der Waals surface area contributed by atoms with Crippen molar-refractivity contribution in [3.8, 4) is 11.8 Å². The number of rotatable bonds is 8. The number of hydrogen-bond acceptors (Lipinski definition) is 0. The lowest BCUT2D eigenvalue weighted by atomic mass is 10.1. The lowest BCUT2D eigenvalue weighted by Crippen LogP contribution is -2.33. The second-order valence-corrected chi connectivity index (χ2v) is 5.75. The Bertz CT molecular complexity index is 417. The average molecular weight is 272 g/mol. The van der Waals surface area contributed by atoms with Crippen LogP contribution in [0.25, 0.3) is 0 Å². The topological polar surface area (TPSA) is 3.88 Å². The van der Waals surface area contributed by atoms with Crippen molar-refractivity contribution in [1.29, 1.82) is 0 Å². The Kier molecular flexibility index (Phi) is 8.79. The Labute approximate surface area is 125 Å². The van der Waals surface area contributed by atoms with E-state index in [1.54, 1.807) is 0 Å². The molecule has 0 atom stereocenters. The summed E-state index contributed by atoms with van der Waals surface area (Å²) in [5.41, 5.74) is 2.71. The fraction of sp³-hybridized carbons (Fsp3) is 0.632. The third-order valence-electron chi connectivity index (χ3n) is 3.44. The molecule has 0 aliphatic heterocycles. The normalized spacial score (nSPS) is 10.2. The maximum atomic E-state index is 3.29. The summed E-state index contributed by atoms with van der Waals surface area (Å²) in [6.45, 7) is 7.70. The minimum absolute atomic E-state index is 1.08. The van der Waals surface area contributed by atoms with Gasteiger partial charge in [-0.3, -0.25) is 0 Å². The number of pyridine rings is 1. The highest BCUT2D eigenvalue weighted by atomic mass is 14.9. The van der Waals surface area contributed by atoms with E-state index in [1.807, 2.05) is 0 Å². The van der Waals surface area contributed by atoms with Crippen LogP contribution >= 0.6 is 0 Å². The summed E-state index contributed by atoms with van der Waals surface area (Å²) in [5.74, 6) is 6.55. The molecule has 0 spiro atoms. The highest BCUT2D eigenvalue weighted by molar-refractivity contribution is 5.11. The zero-order chi connectivity index (χ0) is 14.6. The summed E-state index contributed by atoms with van der Waals surface area (Å²) in [5, 5.41) is 0. The molecule has 0 aliphatic carbocycles. The van der Waals surface area contributed by atoms with Crippen LogP contribution in [0.4, 0.5) is 0 Å². The molecule has 1 aromatic rings. The molecule has 0 aromatic carbocycles. The van der Waals surface area contributed by atoms with Crippen molar-refractivity contribution in [3.63, 3.8) is 0 Å². The van der Waals surface area contributed by atoms with Crippen molar-refractivity contribution in [2.45, 2.75) is 78.7 Å². The minimum atomic E-state index is 1.08. The Balaban J connectivity index is 2.05. The van der Waals surface area contributed by atoms with Gasteiger partial charge in [-0.1, -0.05) is 19.8 Å². The number of aryl methyl sites for hydroxylation is 3. The fourth-order valence-electron chi connectivity index (χ4n) is 2.43.